The lowest BCUT2D eigenvalue weighted by Gasteiger charge is -2.36. The van der Waals surface area contributed by atoms with Gasteiger partial charge in [0.2, 0.25) is 17.7 Å². The number of aryl methyl sites for hydroxylation is 1. The molecule has 10 nitrogen and oxygen atoms in total. The number of hydrogen-bond donors (Lipinski definition) is 6. The van der Waals surface area contributed by atoms with Gasteiger partial charge in [-0.25, -0.2) is 0 Å². The van der Waals surface area contributed by atoms with Crippen LogP contribution in [0.1, 0.15) is 49.1 Å². The molecule has 2 aliphatic rings. The van der Waals surface area contributed by atoms with Crippen LogP contribution in [0.5, 0.6) is 0 Å². The molecule has 2 aliphatic heterocycles. The molecule has 0 radical (unpaired) electrons. The molecular formula is C32H38N6O4S. The summed E-state index contributed by atoms with van der Waals surface area (Å²) in [5, 5.41) is 29.5. The number of carbonyl (C=O) groups is 3. The Morgan fingerprint density at radius 3 is 2.70 bits per heavy atom. The molecule has 11 heteroatoms. The summed E-state index contributed by atoms with van der Waals surface area (Å²) in [6.45, 7) is 4.28. The Balaban J connectivity index is 1.17. The number of nitrogens with one attached hydrogen (secondary N) is 5. The van der Waals surface area contributed by atoms with Gasteiger partial charge in [-0.15, -0.1) is 11.3 Å². The fraction of sp³-hybridized carbons (Fsp3) is 0.406. The first-order valence-electron chi connectivity index (χ1n) is 14.9. The molecule has 4 heterocycles. The van der Waals surface area contributed by atoms with Gasteiger partial charge in [-0.3, -0.25) is 14.4 Å². The summed E-state index contributed by atoms with van der Waals surface area (Å²) in [6.07, 6.45) is 3.16. The summed E-state index contributed by atoms with van der Waals surface area (Å²) in [5.41, 5.74) is 4.75. The molecule has 0 bridgehead atoms. The Hall–Kier alpha value is -4.09. The lowest BCUT2D eigenvalue weighted by atomic mass is 9.96. The number of amides is 3. The second-order valence-electron chi connectivity index (χ2n) is 11.6. The number of benzene rings is 2. The first-order chi connectivity index (χ1) is 20.8. The van der Waals surface area contributed by atoms with Crippen molar-refractivity contribution in [2.75, 3.05) is 4.90 Å². The van der Waals surface area contributed by atoms with E-state index in [-0.39, 0.29) is 30.1 Å². The van der Waals surface area contributed by atoms with Crippen LogP contribution in [0.3, 0.4) is 0 Å². The number of hydrogen-bond acceptors (Lipinski definition) is 6. The van der Waals surface area contributed by atoms with Crippen LogP contribution in [0.15, 0.2) is 54.0 Å². The number of aromatic amines is 2. The third kappa shape index (κ3) is 5.79. The maximum Gasteiger partial charge on any atom is 0.243 e. The van der Waals surface area contributed by atoms with Gasteiger partial charge in [0.1, 0.15) is 18.3 Å². The van der Waals surface area contributed by atoms with Crippen molar-refractivity contribution in [3.05, 3.63) is 76.4 Å². The van der Waals surface area contributed by atoms with Gasteiger partial charge in [0, 0.05) is 23.0 Å². The minimum absolute atomic E-state index is 0.121. The molecule has 43 heavy (non-hydrogen) atoms. The van der Waals surface area contributed by atoms with Crippen molar-refractivity contribution in [3.63, 3.8) is 0 Å². The predicted molar refractivity (Wildman–Crippen MR) is 167 cm³/mol. The van der Waals surface area contributed by atoms with Gasteiger partial charge in [-0.05, 0) is 52.3 Å². The maximum atomic E-state index is 13.8. The van der Waals surface area contributed by atoms with Crippen LogP contribution in [0.4, 0.5) is 5.69 Å². The number of H-pyrrole nitrogens is 2. The van der Waals surface area contributed by atoms with E-state index in [1.165, 1.54) is 0 Å². The highest BCUT2D eigenvalue weighted by Crippen LogP contribution is 2.40. The minimum atomic E-state index is -1.11. The number of anilines is 1. The van der Waals surface area contributed by atoms with Crippen LogP contribution < -0.4 is 20.9 Å². The Morgan fingerprint density at radius 1 is 1.14 bits per heavy atom. The van der Waals surface area contributed by atoms with Gasteiger partial charge in [-0.1, -0.05) is 56.7 Å². The third-order valence-corrected chi connectivity index (χ3v) is 9.88. The van der Waals surface area contributed by atoms with Crippen LogP contribution in [0.2, 0.25) is 0 Å². The predicted octanol–water partition coefficient (Wildman–Crippen LogP) is 3.13. The largest absolute Gasteiger partial charge is 0.371 e. The second kappa shape index (κ2) is 12.3. The van der Waals surface area contributed by atoms with Crippen molar-refractivity contribution in [1.82, 2.24) is 26.1 Å². The van der Waals surface area contributed by atoms with Crippen LogP contribution in [-0.4, -0.2) is 57.4 Å². The Bertz CT molecular complexity index is 1620. The number of carbonyl (C=O) groups excluding carboxylic acids is 3. The molecular weight excluding hydrogens is 564 g/mol. The van der Waals surface area contributed by atoms with Crippen LogP contribution in [0, 0.1) is 5.92 Å². The molecule has 0 saturated carbocycles. The number of para-hydroxylation sites is 1. The van der Waals surface area contributed by atoms with E-state index in [0.717, 1.165) is 38.2 Å². The molecule has 0 fully saturated rings. The van der Waals surface area contributed by atoms with Gasteiger partial charge < -0.3 is 36.2 Å². The Labute approximate surface area is 254 Å². The summed E-state index contributed by atoms with van der Waals surface area (Å²) >= 11 is 1.60. The molecule has 4 aromatic rings. The van der Waals surface area contributed by atoms with E-state index in [9.17, 15) is 19.5 Å². The summed E-state index contributed by atoms with van der Waals surface area (Å²) < 4.78 is 1.12. The monoisotopic (exact) mass is 602 g/mol. The van der Waals surface area contributed by atoms with Crippen molar-refractivity contribution in [2.45, 2.75) is 76.8 Å². The van der Waals surface area contributed by atoms with E-state index in [2.05, 4.69) is 26.1 Å². The first kappa shape index (κ1) is 29.0. The SMILES string of the molecule is CCC(C)C(NC(=O)Cc1csc2ccccc12)C(=O)NC1CCc2cccc3c2N(C(C(=O)NCc2c[nH][nH]2)C3)C1O. The summed E-state index contributed by atoms with van der Waals surface area (Å²) in [7, 11) is 0. The molecule has 5 unspecified atom stereocenters. The Morgan fingerprint density at radius 2 is 1.93 bits per heavy atom. The average Bonchev–Trinajstić information content (AvgIpc) is 3.54. The van der Waals surface area contributed by atoms with Crippen LogP contribution in [-0.2, 0) is 40.2 Å². The zero-order valence-corrected chi connectivity index (χ0v) is 25.2. The molecule has 226 valence electrons. The topological polar surface area (TPSA) is 142 Å². The van der Waals surface area contributed by atoms with Crippen LogP contribution >= 0.6 is 11.3 Å². The quantitative estimate of drug-likeness (QED) is 0.165. The summed E-state index contributed by atoms with van der Waals surface area (Å²) in [4.78, 5) is 42.1. The lowest BCUT2D eigenvalue weighted by Crippen LogP contribution is -2.60. The maximum absolute atomic E-state index is 13.8. The zero-order chi connectivity index (χ0) is 30.1. The van der Waals surface area contributed by atoms with E-state index >= 15 is 0 Å². The van der Waals surface area contributed by atoms with Gasteiger partial charge in [0.15, 0.2) is 0 Å². The van der Waals surface area contributed by atoms with E-state index in [1.807, 2.05) is 61.7 Å². The molecule has 0 saturated heterocycles. The van der Waals surface area contributed by atoms with Gasteiger partial charge in [0.05, 0.1) is 24.7 Å². The molecule has 6 N–H and O–H groups in total. The number of fused-ring (bicyclic) bond motifs is 1. The van der Waals surface area contributed by atoms with Gasteiger partial charge >= 0.3 is 0 Å². The second-order valence-corrected chi connectivity index (χ2v) is 12.6. The highest BCUT2D eigenvalue weighted by molar-refractivity contribution is 7.17. The van der Waals surface area contributed by atoms with Crippen molar-refractivity contribution >= 4 is 44.8 Å². The molecule has 6 rings (SSSR count). The van der Waals surface area contributed by atoms with Crippen molar-refractivity contribution in [3.8, 4) is 0 Å². The van der Waals surface area contributed by atoms with Crippen molar-refractivity contribution in [1.29, 1.82) is 0 Å². The highest BCUT2D eigenvalue weighted by Gasteiger charge is 2.44. The summed E-state index contributed by atoms with van der Waals surface area (Å²) in [6, 6.07) is 12.0. The molecule has 2 aromatic carbocycles. The number of nitrogens with zero attached hydrogens (tertiary/aromatic N) is 1. The molecule has 0 aliphatic carbocycles. The minimum Gasteiger partial charge on any atom is -0.371 e. The van der Waals surface area contributed by atoms with E-state index < -0.39 is 24.4 Å². The normalized spacial score (nSPS) is 20.7. The number of rotatable bonds is 10. The average molecular weight is 603 g/mol. The number of aliphatic hydroxyl groups is 1. The standard InChI is InChI=1S/C32H38N6O4S/c1-3-18(2)28(36-27(39)14-21-17-43-26-10-5-4-9-23(21)26)31(41)35-24-12-11-19-7-6-8-20-13-25(38(29(19)20)32(24)42)30(40)33-15-22-16-34-37-22/h4-10,16-18,24-25,28,32,34,37,42H,3,11-15H2,1-2H3,(H,33,40)(H,35,41)(H,36,39). The number of aromatic nitrogens is 2. The molecule has 0 spiro atoms. The highest BCUT2D eigenvalue weighted by atomic mass is 32.1. The summed E-state index contributed by atoms with van der Waals surface area (Å²) in [5.74, 6) is -0.855. The van der Waals surface area contributed by atoms with E-state index in [1.54, 1.807) is 22.4 Å². The fourth-order valence-corrected chi connectivity index (χ4v) is 7.22. The lowest BCUT2D eigenvalue weighted by molar-refractivity contribution is -0.131. The number of thiophene rings is 1. The first-order valence-corrected chi connectivity index (χ1v) is 15.8. The van der Waals surface area contributed by atoms with Gasteiger partial charge in [0.25, 0.3) is 0 Å². The van der Waals surface area contributed by atoms with Gasteiger partial charge in [-0.2, -0.15) is 0 Å². The van der Waals surface area contributed by atoms with E-state index in [0.29, 0.717) is 32.2 Å². The molecule has 3 amide bonds. The van der Waals surface area contributed by atoms with Crippen LogP contribution in [0.25, 0.3) is 10.1 Å². The molecule has 5 atom stereocenters. The zero-order valence-electron chi connectivity index (χ0n) is 24.4. The van der Waals surface area contributed by atoms with Crippen molar-refractivity contribution in [2.24, 2.45) is 5.92 Å². The number of aliphatic hydroxyl groups excluding tert-OH is 1. The third-order valence-electron chi connectivity index (χ3n) is 8.87. The van der Waals surface area contributed by atoms with E-state index in [4.69, 9.17) is 0 Å². The van der Waals surface area contributed by atoms with Crippen molar-refractivity contribution < 1.29 is 19.5 Å². The molecule has 2 aromatic heterocycles. The smallest absolute Gasteiger partial charge is 0.243 e. The Kier molecular flexibility index (Phi) is 8.27. The fourth-order valence-electron chi connectivity index (χ4n) is 6.25.